The first kappa shape index (κ1) is 15.8. The normalized spacial score (nSPS) is 18.2. The average Bonchev–Trinajstić information content (AvgIpc) is 2.61. The van der Waals surface area contributed by atoms with Crippen LogP contribution in [0.25, 0.3) is 0 Å². The molecule has 3 rings (SSSR count). The third-order valence-electron chi connectivity index (χ3n) is 4.47. The van der Waals surface area contributed by atoms with E-state index in [4.69, 9.17) is 4.74 Å². The van der Waals surface area contributed by atoms with Crippen molar-refractivity contribution in [2.24, 2.45) is 0 Å². The molecule has 23 heavy (non-hydrogen) atoms. The standard InChI is InChI=1S/C20H23NO2/c1-16-15-23-13-12-21(16)20(22)14-19(17-8-4-2-5-9-17)18-10-6-3-7-11-18/h2-11,16,19H,12-15H2,1H3. The Morgan fingerprint density at radius 3 is 2.17 bits per heavy atom. The lowest BCUT2D eigenvalue weighted by molar-refractivity contribution is -0.139. The monoisotopic (exact) mass is 309 g/mol. The Hall–Kier alpha value is -2.13. The fourth-order valence-corrected chi connectivity index (χ4v) is 3.19. The number of benzene rings is 2. The van der Waals surface area contributed by atoms with Crippen molar-refractivity contribution in [3.63, 3.8) is 0 Å². The highest BCUT2D eigenvalue weighted by Gasteiger charge is 2.27. The first-order valence-corrected chi connectivity index (χ1v) is 8.23. The zero-order valence-corrected chi connectivity index (χ0v) is 13.5. The van der Waals surface area contributed by atoms with E-state index in [2.05, 4.69) is 31.2 Å². The number of nitrogens with zero attached hydrogens (tertiary/aromatic N) is 1. The second kappa shape index (κ2) is 7.42. The Balaban J connectivity index is 1.83. The van der Waals surface area contributed by atoms with Gasteiger partial charge in [0.15, 0.2) is 0 Å². The summed E-state index contributed by atoms with van der Waals surface area (Å²) in [4.78, 5) is 14.8. The van der Waals surface area contributed by atoms with Crippen LogP contribution in [0.1, 0.15) is 30.4 Å². The lowest BCUT2D eigenvalue weighted by atomic mass is 9.88. The Morgan fingerprint density at radius 1 is 1.09 bits per heavy atom. The van der Waals surface area contributed by atoms with Crippen molar-refractivity contribution in [1.29, 1.82) is 0 Å². The van der Waals surface area contributed by atoms with Crippen LogP contribution in [0, 0.1) is 0 Å². The van der Waals surface area contributed by atoms with Crippen molar-refractivity contribution in [3.8, 4) is 0 Å². The summed E-state index contributed by atoms with van der Waals surface area (Å²) in [5.74, 6) is 0.304. The van der Waals surface area contributed by atoms with Gasteiger partial charge in [-0.3, -0.25) is 4.79 Å². The van der Waals surface area contributed by atoms with Gasteiger partial charge in [0.1, 0.15) is 0 Å². The molecular weight excluding hydrogens is 286 g/mol. The largest absolute Gasteiger partial charge is 0.377 e. The van der Waals surface area contributed by atoms with Gasteiger partial charge in [-0.2, -0.15) is 0 Å². The Labute approximate surface area is 137 Å². The Morgan fingerprint density at radius 2 is 1.65 bits per heavy atom. The van der Waals surface area contributed by atoms with Crippen molar-refractivity contribution >= 4 is 5.91 Å². The minimum absolute atomic E-state index is 0.0972. The van der Waals surface area contributed by atoms with E-state index >= 15 is 0 Å². The first-order valence-electron chi connectivity index (χ1n) is 8.23. The van der Waals surface area contributed by atoms with Gasteiger partial charge in [-0.05, 0) is 18.1 Å². The van der Waals surface area contributed by atoms with E-state index in [9.17, 15) is 4.79 Å². The molecule has 1 atom stereocenters. The van der Waals surface area contributed by atoms with Crippen LogP contribution < -0.4 is 0 Å². The smallest absolute Gasteiger partial charge is 0.223 e. The van der Waals surface area contributed by atoms with Crippen molar-refractivity contribution in [3.05, 3.63) is 71.8 Å². The van der Waals surface area contributed by atoms with Crippen LogP contribution in [0.5, 0.6) is 0 Å². The topological polar surface area (TPSA) is 29.5 Å². The summed E-state index contributed by atoms with van der Waals surface area (Å²) >= 11 is 0. The second-order valence-electron chi connectivity index (χ2n) is 6.09. The van der Waals surface area contributed by atoms with Gasteiger partial charge in [0.25, 0.3) is 0 Å². The quantitative estimate of drug-likeness (QED) is 0.865. The molecule has 2 aromatic rings. The van der Waals surface area contributed by atoms with Gasteiger partial charge >= 0.3 is 0 Å². The molecule has 3 nitrogen and oxygen atoms in total. The van der Waals surface area contributed by atoms with Crippen LogP contribution in [0.15, 0.2) is 60.7 Å². The van der Waals surface area contributed by atoms with Gasteiger partial charge in [-0.15, -0.1) is 0 Å². The molecule has 120 valence electrons. The van der Waals surface area contributed by atoms with Crippen LogP contribution in [0.3, 0.4) is 0 Å². The highest BCUT2D eigenvalue weighted by molar-refractivity contribution is 5.78. The third-order valence-corrected chi connectivity index (χ3v) is 4.47. The van der Waals surface area contributed by atoms with Crippen LogP contribution >= 0.6 is 0 Å². The molecular formula is C20H23NO2. The number of morpholine rings is 1. The van der Waals surface area contributed by atoms with Crippen molar-refractivity contribution in [2.75, 3.05) is 19.8 Å². The number of ether oxygens (including phenoxy) is 1. The van der Waals surface area contributed by atoms with Crippen molar-refractivity contribution < 1.29 is 9.53 Å². The van der Waals surface area contributed by atoms with Crippen LogP contribution in [-0.4, -0.2) is 36.6 Å². The van der Waals surface area contributed by atoms with Gasteiger partial charge in [-0.25, -0.2) is 0 Å². The van der Waals surface area contributed by atoms with Crippen LogP contribution in [-0.2, 0) is 9.53 Å². The second-order valence-corrected chi connectivity index (χ2v) is 6.09. The summed E-state index contributed by atoms with van der Waals surface area (Å²) in [6.07, 6.45) is 0.498. The molecule has 0 spiro atoms. The van der Waals surface area contributed by atoms with Crippen molar-refractivity contribution in [2.45, 2.75) is 25.3 Å². The molecule has 2 aromatic carbocycles. The highest BCUT2D eigenvalue weighted by atomic mass is 16.5. The summed E-state index contributed by atoms with van der Waals surface area (Å²) in [5, 5.41) is 0. The maximum Gasteiger partial charge on any atom is 0.223 e. The maximum atomic E-state index is 12.8. The molecule has 0 bridgehead atoms. The number of rotatable bonds is 4. The van der Waals surface area contributed by atoms with Gasteiger partial charge in [0.2, 0.25) is 5.91 Å². The molecule has 1 amide bonds. The molecule has 0 radical (unpaired) electrons. The van der Waals surface area contributed by atoms with Gasteiger partial charge < -0.3 is 9.64 Å². The molecule has 1 heterocycles. The number of carbonyl (C=O) groups excluding carboxylic acids is 1. The lowest BCUT2D eigenvalue weighted by Gasteiger charge is -2.34. The fraction of sp³-hybridized carbons (Fsp3) is 0.350. The van der Waals surface area contributed by atoms with Crippen LogP contribution in [0.4, 0.5) is 0 Å². The summed E-state index contributed by atoms with van der Waals surface area (Å²) in [6, 6.07) is 20.7. The van der Waals surface area contributed by atoms with E-state index in [0.717, 1.165) is 0 Å². The van der Waals surface area contributed by atoms with E-state index in [0.29, 0.717) is 26.2 Å². The summed E-state index contributed by atoms with van der Waals surface area (Å²) < 4.78 is 5.44. The van der Waals surface area contributed by atoms with E-state index in [-0.39, 0.29) is 17.9 Å². The summed E-state index contributed by atoms with van der Waals surface area (Å²) in [6.45, 7) is 4.01. The molecule has 1 fully saturated rings. The number of hydrogen-bond acceptors (Lipinski definition) is 2. The molecule has 3 heteroatoms. The Kier molecular flexibility index (Phi) is 5.09. The molecule has 0 saturated carbocycles. The van der Waals surface area contributed by atoms with Gasteiger partial charge in [-0.1, -0.05) is 60.7 Å². The zero-order chi connectivity index (χ0) is 16.1. The minimum Gasteiger partial charge on any atom is -0.377 e. The first-order chi connectivity index (χ1) is 11.3. The van der Waals surface area contributed by atoms with Gasteiger partial charge in [0.05, 0.1) is 19.3 Å². The number of hydrogen-bond donors (Lipinski definition) is 0. The summed E-state index contributed by atoms with van der Waals surface area (Å²) in [5.41, 5.74) is 2.38. The van der Waals surface area contributed by atoms with E-state index < -0.39 is 0 Å². The van der Waals surface area contributed by atoms with E-state index in [1.807, 2.05) is 41.3 Å². The number of carbonyl (C=O) groups is 1. The molecule has 0 N–H and O–H groups in total. The lowest BCUT2D eigenvalue weighted by Crippen LogP contribution is -2.47. The highest BCUT2D eigenvalue weighted by Crippen LogP contribution is 2.29. The molecule has 0 aromatic heterocycles. The number of amides is 1. The Bertz CT molecular complexity index is 587. The maximum absolute atomic E-state index is 12.8. The minimum atomic E-state index is 0.0972. The SMILES string of the molecule is CC1COCCN1C(=O)CC(c1ccccc1)c1ccccc1. The predicted molar refractivity (Wildman–Crippen MR) is 91.3 cm³/mol. The predicted octanol–water partition coefficient (Wildman–Crippen LogP) is 3.46. The average molecular weight is 309 g/mol. The zero-order valence-electron chi connectivity index (χ0n) is 13.5. The fourth-order valence-electron chi connectivity index (χ4n) is 3.19. The van der Waals surface area contributed by atoms with E-state index in [1.54, 1.807) is 0 Å². The molecule has 0 aliphatic carbocycles. The molecule has 1 aliphatic heterocycles. The van der Waals surface area contributed by atoms with Crippen molar-refractivity contribution in [1.82, 2.24) is 4.90 Å². The van der Waals surface area contributed by atoms with Crippen LogP contribution in [0.2, 0.25) is 0 Å². The molecule has 1 saturated heterocycles. The molecule has 1 aliphatic rings. The van der Waals surface area contributed by atoms with Gasteiger partial charge in [0, 0.05) is 18.9 Å². The molecule has 1 unspecified atom stereocenters. The third kappa shape index (κ3) is 3.80. The summed E-state index contributed by atoms with van der Waals surface area (Å²) in [7, 11) is 0. The van der Waals surface area contributed by atoms with E-state index in [1.165, 1.54) is 11.1 Å².